The molecule has 0 saturated carbocycles. The summed E-state index contributed by atoms with van der Waals surface area (Å²) < 4.78 is 5.31. The van der Waals surface area contributed by atoms with Crippen LogP contribution in [0, 0.1) is 27.7 Å². The molecule has 0 radical (unpaired) electrons. The average Bonchev–Trinajstić information content (AvgIpc) is 2.82. The molecule has 0 heterocycles. The molecule has 3 aromatic rings. The number of carbonyl (C=O) groups excluding carboxylic acids is 2. The number of aryl methyl sites for hydroxylation is 4. The van der Waals surface area contributed by atoms with Crippen LogP contribution in [-0.2, 0) is 0 Å². The van der Waals surface area contributed by atoms with Crippen LogP contribution in [0.5, 0.6) is 5.75 Å². The molecule has 5 nitrogen and oxygen atoms in total. The number of hydrogen-bond donors (Lipinski definition) is 1. The summed E-state index contributed by atoms with van der Waals surface area (Å²) in [6.07, 6.45) is 0. The fourth-order valence-electron chi connectivity index (χ4n) is 3.28. The van der Waals surface area contributed by atoms with E-state index in [0.717, 1.165) is 22.3 Å². The number of ether oxygens (including phenoxy) is 1. The van der Waals surface area contributed by atoms with Gasteiger partial charge in [-0.3, -0.25) is 9.59 Å². The van der Waals surface area contributed by atoms with Crippen molar-refractivity contribution in [2.24, 2.45) is 0 Å². The quantitative estimate of drug-likeness (QED) is 0.640. The van der Waals surface area contributed by atoms with Crippen LogP contribution in [0.4, 0.5) is 5.69 Å². The molecule has 3 rings (SSSR count). The first-order valence-corrected chi connectivity index (χ1v) is 9.56. The largest absolute Gasteiger partial charge is 0.419 e. The Labute approximate surface area is 175 Å². The third kappa shape index (κ3) is 5.20. The summed E-state index contributed by atoms with van der Waals surface area (Å²) in [7, 11) is 0. The number of rotatable bonds is 4. The van der Waals surface area contributed by atoms with Crippen LogP contribution in [0.1, 0.15) is 43.0 Å². The summed E-state index contributed by atoms with van der Waals surface area (Å²) in [5.41, 5.74) is 4.70. The highest BCUT2D eigenvalue weighted by Gasteiger charge is 2.12. The van der Waals surface area contributed by atoms with Gasteiger partial charge in [0.1, 0.15) is 0 Å². The Morgan fingerprint density at radius 2 is 1.20 bits per heavy atom. The lowest BCUT2D eigenvalue weighted by Crippen LogP contribution is -2.13. The second-order valence-electron chi connectivity index (χ2n) is 7.45. The summed E-state index contributed by atoms with van der Waals surface area (Å²) >= 11 is 0. The van der Waals surface area contributed by atoms with E-state index >= 15 is 0 Å². The van der Waals surface area contributed by atoms with E-state index in [9.17, 15) is 14.4 Å². The topological polar surface area (TPSA) is 72.5 Å². The van der Waals surface area contributed by atoms with E-state index in [1.165, 1.54) is 24.3 Å². The zero-order chi connectivity index (χ0) is 21.8. The van der Waals surface area contributed by atoms with E-state index in [1.807, 2.05) is 39.8 Å². The normalized spacial score (nSPS) is 10.4. The van der Waals surface area contributed by atoms with Crippen LogP contribution in [0.15, 0.2) is 65.5 Å². The standard InChI is InChI=1S/C25H23NO4/c1-15-9-16(2)12-19(11-15)24(28)26-21-5-7-22(27)23(8-6-21)30-25(29)20-13-17(3)10-18(4)14-20/h5-14H,1-4H3,(H,26,28). The molecular formula is C25H23NO4. The second kappa shape index (κ2) is 8.74. The molecule has 0 aliphatic heterocycles. The molecule has 152 valence electrons. The van der Waals surface area contributed by atoms with Crippen LogP contribution in [0.25, 0.3) is 0 Å². The minimum Gasteiger partial charge on any atom is -0.419 e. The molecule has 0 fully saturated rings. The molecule has 0 saturated heterocycles. The van der Waals surface area contributed by atoms with E-state index in [0.29, 0.717) is 16.8 Å². The second-order valence-corrected chi connectivity index (χ2v) is 7.45. The fraction of sp³-hybridized carbons (Fsp3) is 0.160. The minimum absolute atomic E-state index is 0.106. The first kappa shape index (κ1) is 21.0. The Hall–Kier alpha value is -3.73. The maximum absolute atomic E-state index is 12.5. The predicted molar refractivity (Wildman–Crippen MR) is 117 cm³/mol. The molecule has 0 bridgehead atoms. The number of hydrogen-bond acceptors (Lipinski definition) is 4. The van der Waals surface area contributed by atoms with E-state index < -0.39 is 11.4 Å². The Morgan fingerprint density at radius 3 is 1.77 bits per heavy atom. The molecule has 0 aromatic heterocycles. The van der Waals surface area contributed by atoms with Crippen LogP contribution in [0.3, 0.4) is 0 Å². The third-order valence-corrected chi connectivity index (χ3v) is 4.47. The Kier molecular flexibility index (Phi) is 6.11. The lowest BCUT2D eigenvalue weighted by atomic mass is 10.1. The summed E-state index contributed by atoms with van der Waals surface area (Å²) in [5, 5.41) is 2.77. The molecule has 0 aliphatic rings. The molecule has 0 atom stereocenters. The monoisotopic (exact) mass is 401 g/mol. The Balaban J connectivity index is 1.81. The predicted octanol–water partition coefficient (Wildman–Crippen LogP) is 4.75. The highest BCUT2D eigenvalue weighted by Crippen LogP contribution is 2.15. The number of esters is 1. The number of nitrogens with one attached hydrogen (secondary N) is 1. The zero-order valence-electron chi connectivity index (χ0n) is 17.4. The molecule has 30 heavy (non-hydrogen) atoms. The zero-order valence-corrected chi connectivity index (χ0v) is 17.4. The third-order valence-electron chi connectivity index (χ3n) is 4.47. The van der Waals surface area contributed by atoms with Gasteiger partial charge in [-0.2, -0.15) is 0 Å². The van der Waals surface area contributed by atoms with E-state index in [4.69, 9.17) is 4.74 Å². The van der Waals surface area contributed by atoms with Gasteiger partial charge >= 0.3 is 5.97 Å². The summed E-state index contributed by atoms with van der Waals surface area (Å²) in [6.45, 7) is 7.62. The maximum atomic E-state index is 12.5. The van der Waals surface area contributed by atoms with Crippen molar-refractivity contribution in [1.82, 2.24) is 0 Å². The van der Waals surface area contributed by atoms with Gasteiger partial charge in [0.05, 0.1) is 5.56 Å². The smallest absolute Gasteiger partial charge is 0.343 e. The van der Waals surface area contributed by atoms with Gasteiger partial charge in [-0.05, 0) is 76.2 Å². The maximum Gasteiger partial charge on any atom is 0.343 e. The minimum atomic E-state index is -0.606. The van der Waals surface area contributed by atoms with Crippen molar-refractivity contribution in [2.45, 2.75) is 27.7 Å². The van der Waals surface area contributed by atoms with Gasteiger partial charge in [-0.1, -0.05) is 34.4 Å². The molecule has 1 N–H and O–H groups in total. The van der Waals surface area contributed by atoms with Gasteiger partial charge in [0.15, 0.2) is 5.75 Å². The van der Waals surface area contributed by atoms with Gasteiger partial charge in [0.2, 0.25) is 5.43 Å². The molecule has 1 amide bonds. The SMILES string of the molecule is Cc1cc(C)cc(C(=O)Nc2ccc(OC(=O)c3cc(C)cc(C)c3)c(=O)cc2)c1. The molecule has 0 spiro atoms. The first-order chi connectivity index (χ1) is 14.2. The molecule has 5 heteroatoms. The van der Waals surface area contributed by atoms with E-state index in [-0.39, 0.29) is 11.7 Å². The first-order valence-electron chi connectivity index (χ1n) is 9.56. The molecule has 0 unspecified atom stereocenters. The summed E-state index contributed by atoms with van der Waals surface area (Å²) in [6, 6.07) is 16.6. The Bertz CT molecular complexity index is 1160. The lowest BCUT2D eigenvalue weighted by Gasteiger charge is -2.06. The van der Waals surface area contributed by atoms with Gasteiger partial charge in [0.25, 0.3) is 5.91 Å². The van der Waals surface area contributed by atoms with Crippen molar-refractivity contribution < 1.29 is 14.3 Å². The van der Waals surface area contributed by atoms with Gasteiger partial charge in [0, 0.05) is 11.3 Å². The molecule has 3 aromatic carbocycles. The summed E-state index contributed by atoms with van der Waals surface area (Å²) in [4.78, 5) is 37.3. The van der Waals surface area contributed by atoms with Gasteiger partial charge in [-0.15, -0.1) is 0 Å². The average molecular weight is 401 g/mol. The van der Waals surface area contributed by atoms with Crippen molar-refractivity contribution in [3.8, 4) is 5.75 Å². The van der Waals surface area contributed by atoms with Crippen LogP contribution < -0.4 is 15.5 Å². The van der Waals surface area contributed by atoms with Gasteiger partial charge < -0.3 is 10.1 Å². The molecule has 0 aliphatic carbocycles. The van der Waals surface area contributed by atoms with Crippen molar-refractivity contribution in [2.75, 3.05) is 5.32 Å². The van der Waals surface area contributed by atoms with E-state index in [2.05, 4.69) is 5.32 Å². The van der Waals surface area contributed by atoms with Crippen LogP contribution >= 0.6 is 0 Å². The van der Waals surface area contributed by atoms with Crippen molar-refractivity contribution >= 4 is 17.6 Å². The summed E-state index contributed by atoms with van der Waals surface area (Å²) in [5.74, 6) is -0.994. The highest BCUT2D eigenvalue weighted by molar-refractivity contribution is 6.04. The van der Waals surface area contributed by atoms with Crippen molar-refractivity contribution in [3.63, 3.8) is 0 Å². The number of benzene rings is 2. The highest BCUT2D eigenvalue weighted by atomic mass is 16.5. The fourth-order valence-corrected chi connectivity index (χ4v) is 3.28. The number of anilines is 1. The van der Waals surface area contributed by atoms with Crippen molar-refractivity contribution in [3.05, 3.63) is 104 Å². The molecular weight excluding hydrogens is 378 g/mol. The van der Waals surface area contributed by atoms with Gasteiger partial charge in [-0.25, -0.2) is 4.79 Å². The van der Waals surface area contributed by atoms with Crippen molar-refractivity contribution in [1.29, 1.82) is 0 Å². The van der Waals surface area contributed by atoms with Crippen LogP contribution in [-0.4, -0.2) is 11.9 Å². The van der Waals surface area contributed by atoms with Crippen LogP contribution in [0.2, 0.25) is 0 Å². The number of carbonyl (C=O) groups is 2. The van der Waals surface area contributed by atoms with E-state index in [1.54, 1.807) is 24.3 Å². The Morgan fingerprint density at radius 1 is 0.700 bits per heavy atom. The number of amides is 1. The lowest BCUT2D eigenvalue weighted by molar-refractivity contribution is 0.0732.